The first kappa shape index (κ1) is 18.6. The predicted octanol–water partition coefficient (Wildman–Crippen LogP) is 4.00. The van der Waals surface area contributed by atoms with Crippen molar-refractivity contribution in [2.75, 3.05) is 23.8 Å². The molecule has 136 valence electrons. The maximum atomic E-state index is 12.7. The molecule has 1 aliphatic rings. The van der Waals surface area contributed by atoms with Crippen molar-refractivity contribution in [3.05, 3.63) is 53.1 Å². The molecule has 7 heteroatoms. The third-order valence-electron chi connectivity index (χ3n) is 4.10. The van der Waals surface area contributed by atoms with E-state index in [1.165, 1.54) is 12.1 Å². The third kappa shape index (κ3) is 4.14. The van der Waals surface area contributed by atoms with E-state index in [2.05, 4.69) is 6.92 Å². The molecule has 1 aliphatic heterocycles. The van der Waals surface area contributed by atoms with Crippen molar-refractivity contribution in [3.8, 4) is 0 Å². The molecule has 2 N–H and O–H groups in total. The third-order valence-corrected chi connectivity index (χ3v) is 5.58. The summed E-state index contributed by atoms with van der Waals surface area (Å²) in [5.74, 6) is -0.897. The Labute approximate surface area is 161 Å². The van der Waals surface area contributed by atoms with Gasteiger partial charge in [0.15, 0.2) is 6.61 Å². The summed E-state index contributed by atoms with van der Waals surface area (Å²) in [4.78, 5) is 27.6. The monoisotopic (exact) mass is 390 g/mol. The van der Waals surface area contributed by atoms with Crippen LogP contribution < -0.4 is 10.6 Å². The first-order chi connectivity index (χ1) is 12.5. The van der Waals surface area contributed by atoms with Gasteiger partial charge in [0.1, 0.15) is 0 Å². The lowest BCUT2D eigenvalue weighted by Crippen LogP contribution is -2.35. The molecule has 0 aliphatic carbocycles. The Morgan fingerprint density at radius 1 is 1.31 bits per heavy atom. The average Bonchev–Trinajstić information content (AvgIpc) is 2.77. The summed E-state index contributed by atoms with van der Waals surface area (Å²) in [6.45, 7) is 2.39. The highest BCUT2D eigenvalue weighted by Crippen LogP contribution is 2.37. The maximum Gasteiger partial charge on any atom is 0.340 e. The Kier molecular flexibility index (Phi) is 5.74. The van der Waals surface area contributed by atoms with Gasteiger partial charge in [0.05, 0.1) is 11.3 Å². The second-order valence-corrected chi connectivity index (χ2v) is 7.95. The van der Waals surface area contributed by atoms with Gasteiger partial charge in [-0.25, -0.2) is 4.79 Å². The molecule has 26 heavy (non-hydrogen) atoms. The van der Waals surface area contributed by atoms with E-state index < -0.39 is 5.97 Å². The van der Waals surface area contributed by atoms with Gasteiger partial charge in [0.2, 0.25) is 0 Å². The highest BCUT2D eigenvalue weighted by molar-refractivity contribution is 8.00. The fourth-order valence-electron chi connectivity index (χ4n) is 2.75. The molecular weight excluding hydrogens is 372 g/mol. The molecule has 0 unspecified atom stereocenters. The van der Waals surface area contributed by atoms with Crippen LogP contribution in [0.15, 0.2) is 47.4 Å². The van der Waals surface area contributed by atoms with Gasteiger partial charge in [-0.3, -0.25) is 4.79 Å². The van der Waals surface area contributed by atoms with Crippen LogP contribution in [-0.4, -0.2) is 30.3 Å². The molecule has 5 nitrogen and oxygen atoms in total. The fraction of sp³-hybridized carbons (Fsp3) is 0.263. The summed E-state index contributed by atoms with van der Waals surface area (Å²) in [7, 11) is 0. The normalized spacial score (nSPS) is 16.5. The topological polar surface area (TPSA) is 72.6 Å². The van der Waals surface area contributed by atoms with Crippen LogP contribution in [0.3, 0.4) is 0 Å². The van der Waals surface area contributed by atoms with Crippen LogP contribution in [0.4, 0.5) is 11.4 Å². The zero-order chi connectivity index (χ0) is 18.7. The van der Waals surface area contributed by atoms with Gasteiger partial charge in [-0.15, -0.1) is 11.8 Å². The molecule has 1 heterocycles. The van der Waals surface area contributed by atoms with E-state index in [1.807, 2.05) is 24.3 Å². The zero-order valence-corrected chi connectivity index (χ0v) is 15.8. The van der Waals surface area contributed by atoms with E-state index in [-0.39, 0.29) is 23.8 Å². The van der Waals surface area contributed by atoms with Gasteiger partial charge >= 0.3 is 5.97 Å². The van der Waals surface area contributed by atoms with Gasteiger partial charge in [-0.05, 0) is 36.8 Å². The summed E-state index contributed by atoms with van der Waals surface area (Å²) < 4.78 is 5.19. The number of carbonyl (C=O) groups excluding carboxylic acids is 2. The number of hydrogen-bond donors (Lipinski definition) is 1. The van der Waals surface area contributed by atoms with Crippen molar-refractivity contribution in [1.82, 2.24) is 0 Å². The van der Waals surface area contributed by atoms with E-state index in [9.17, 15) is 9.59 Å². The summed E-state index contributed by atoms with van der Waals surface area (Å²) in [5.41, 5.74) is 7.06. The zero-order valence-electron chi connectivity index (χ0n) is 14.3. The standard InChI is InChI=1S/C19H19ClN2O3S/c1-12-8-9-22(16-4-2-3-5-17(16)26-12)18(23)11-25-19(24)14-7-6-13(20)10-15(14)21/h2-7,10,12H,8-9,11,21H2,1H3/t12-/m0/s1. The number of hydrogen-bond acceptors (Lipinski definition) is 5. The lowest BCUT2D eigenvalue weighted by Gasteiger charge is -2.22. The second-order valence-electron chi connectivity index (χ2n) is 6.04. The summed E-state index contributed by atoms with van der Waals surface area (Å²) in [5, 5.41) is 0.841. The molecule has 1 atom stereocenters. The van der Waals surface area contributed by atoms with Crippen LogP contribution in [-0.2, 0) is 9.53 Å². The SMILES string of the molecule is C[C@H]1CCN(C(=O)COC(=O)c2ccc(Cl)cc2N)c2ccccc2S1. The molecule has 0 saturated heterocycles. The fourth-order valence-corrected chi connectivity index (χ4v) is 4.04. The number of nitrogens with zero attached hydrogens (tertiary/aromatic N) is 1. The quantitative estimate of drug-likeness (QED) is 0.633. The average molecular weight is 391 g/mol. The largest absolute Gasteiger partial charge is 0.452 e. The summed E-state index contributed by atoms with van der Waals surface area (Å²) in [6.07, 6.45) is 0.864. The number of halogens is 1. The number of nitrogen functional groups attached to an aromatic ring is 1. The van der Waals surface area contributed by atoms with Crippen LogP contribution in [0.5, 0.6) is 0 Å². The van der Waals surface area contributed by atoms with Crippen LogP contribution in [0.25, 0.3) is 0 Å². The minimum Gasteiger partial charge on any atom is -0.452 e. The molecule has 0 aromatic heterocycles. The Morgan fingerprint density at radius 3 is 2.85 bits per heavy atom. The molecule has 2 aromatic carbocycles. The predicted molar refractivity (Wildman–Crippen MR) is 105 cm³/mol. The molecule has 0 radical (unpaired) electrons. The van der Waals surface area contributed by atoms with Gasteiger partial charge in [-0.1, -0.05) is 30.7 Å². The Balaban J connectivity index is 1.71. The van der Waals surface area contributed by atoms with Crippen LogP contribution in [0, 0.1) is 0 Å². The number of rotatable bonds is 3. The van der Waals surface area contributed by atoms with Gasteiger partial charge in [0.25, 0.3) is 5.91 Å². The van der Waals surface area contributed by atoms with Gasteiger partial charge in [-0.2, -0.15) is 0 Å². The van der Waals surface area contributed by atoms with E-state index in [0.29, 0.717) is 16.8 Å². The molecule has 1 amide bonds. The van der Waals surface area contributed by atoms with Crippen LogP contribution >= 0.6 is 23.4 Å². The second kappa shape index (κ2) is 8.01. The molecule has 0 fully saturated rings. The smallest absolute Gasteiger partial charge is 0.340 e. The highest BCUT2D eigenvalue weighted by Gasteiger charge is 2.25. The molecule has 0 spiro atoms. The van der Waals surface area contributed by atoms with E-state index in [1.54, 1.807) is 22.7 Å². The number of fused-ring (bicyclic) bond motifs is 1. The number of carbonyl (C=O) groups is 2. The van der Waals surface area contributed by atoms with E-state index in [4.69, 9.17) is 22.1 Å². The van der Waals surface area contributed by atoms with Crippen molar-refractivity contribution < 1.29 is 14.3 Å². The number of thioether (sulfide) groups is 1. The minimum absolute atomic E-state index is 0.197. The lowest BCUT2D eigenvalue weighted by molar-refractivity contribution is -0.121. The Hall–Kier alpha value is -2.18. The molecule has 0 saturated carbocycles. The van der Waals surface area contributed by atoms with Crippen molar-refractivity contribution in [3.63, 3.8) is 0 Å². The van der Waals surface area contributed by atoms with E-state index >= 15 is 0 Å². The number of esters is 1. The number of amides is 1. The first-order valence-corrected chi connectivity index (χ1v) is 9.49. The number of ether oxygens (including phenoxy) is 1. The van der Waals surface area contributed by atoms with Crippen LogP contribution in [0.2, 0.25) is 5.02 Å². The lowest BCUT2D eigenvalue weighted by atomic mass is 10.2. The van der Waals surface area contributed by atoms with E-state index in [0.717, 1.165) is 17.0 Å². The maximum absolute atomic E-state index is 12.7. The number of nitrogens with two attached hydrogens (primary N) is 1. The summed E-state index contributed by atoms with van der Waals surface area (Å²) in [6, 6.07) is 12.3. The molecular formula is C19H19ClN2O3S. The van der Waals surface area contributed by atoms with Crippen molar-refractivity contribution in [1.29, 1.82) is 0 Å². The van der Waals surface area contributed by atoms with Gasteiger partial charge < -0.3 is 15.4 Å². The number of benzene rings is 2. The van der Waals surface area contributed by atoms with Crippen molar-refractivity contribution in [2.45, 2.75) is 23.5 Å². The molecule has 3 rings (SSSR count). The van der Waals surface area contributed by atoms with Crippen LogP contribution in [0.1, 0.15) is 23.7 Å². The highest BCUT2D eigenvalue weighted by atomic mass is 35.5. The number of para-hydroxylation sites is 1. The molecule has 0 bridgehead atoms. The molecule has 2 aromatic rings. The Bertz CT molecular complexity index is 843. The van der Waals surface area contributed by atoms with Crippen molar-refractivity contribution in [2.24, 2.45) is 0 Å². The van der Waals surface area contributed by atoms with Crippen molar-refractivity contribution >= 4 is 46.6 Å². The minimum atomic E-state index is -0.640. The number of anilines is 2. The Morgan fingerprint density at radius 2 is 2.08 bits per heavy atom. The van der Waals surface area contributed by atoms with Gasteiger partial charge in [0, 0.05) is 27.4 Å². The summed E-state index contributed by atoms with van der Waals surface area (Å²) >= 11 is 7.58. The first-order valence-electron chi connectivity index (χ1n) is 8.24.